The van der Waals surface area contributed by atoms with Gasteiger partial charge in [0.05, 0.1) is 0 Å². The van der Waals surface area contributed by atoms with E-state index in [4.69, 9.17) is 23.2 Å². The van der Waals surface area contributed by atoms with Crippen LogP contribution in [0.4, 0.5) is 0 Å². The highest BCUT2D eigenvalue weighted by molar-refractivity contribution is 6.35. The Balaban J connectivity index is 4.40. The Morgan fingerprint density at radius 3 is 1.78 bits per heavy atom. The molecular weight excluding hydrogens is 155 g/mol. The smallest absolute Gasteiger partial charge is 0.0403 e. The SMILES string of the molecule is C/C=C(Cl)\C(C)=C(/C)Cl. The van der Waals surface area contributed by atoms with Gasteiger partial charge >= 0.3 is 0 Å². The summed E-state index contributed by atoms with van der Waals surface area (Å²) in [4.78, 5) is 0. The highest BCUT2D eigenvalue weighted by Crippen LogP contribution is 2.19. The zero-order valence-corrected chi connectivity index (χ0v) is 7.35. The number of rotatable bonds is 1. The van der Waals surface area contributed by atoms with Crippen LogP contribution in [0.3, 0.4) is 0 Å². The molecule has 0 aromatic heterocycles. The molecule has 0 fully saturated rings. The molecule has 0 N–H and O–H groups in total. The van der Waals surface area contributed by atoms with Gasteiger partial charge < -0.3 is 0 Å². The molecule has 0 amide bonds. The fourth-order valence-electron chi connectivity index (χ4n) is 0.381. The second-order valence-electron chi connectivity index (χ2n) is 1.80. The van der Waals surface area contributed by atoms with Crippen molar-refractivity contribution in [3.8, 4) is 0 Å². The standard InChI is InChI=1S/C7H10Cl2/c1-4-7(9)5(2)6(3)8/h4H,1-3H3/b6-5+,7-4+. The van der Waals surface area contributed by atoms with Gasteiger partial charge in [0.25, 0.3) is 0 Å². The molecule has 0 aliphatic carbocycles. The van der Waals surface area contributed by atoms with Gasteiger partial charge in [0.1, 0.15) is 0 Å². The van der Waals surface area contributed by atoms with E-state index in [0.717, 1.165) is 15.6 Å². The predicted octanol–water partition coefficient (Wildman–Crippen LogP) is 3.66. The molecule has 0 radical (unpaired) electrons. The number of allylic oxidation sites excluding steroid dienone is 4. The van der Waals surface area contributed by atoms with Crippen LogP contribution in [0.15, 0.2) is 21.7 Å². The average Bonchev–Trinajstić information content (AvgIpc) is 1.84. The molecule has 0 spiro atoms. The predicted molar refractivity (Wildman–Crippen MR) is 43.8 cm³/mol. The van der Waals surface area contributed by atoms with Crippen molar-refractivity contribution in [2.45, 2.75) is 20.8 Å². The summed E-state index contributed by atoms with van der Waals surface area (Å²) in [6.45, 7) is 5.60. The van der Waals surface area contributed by atoms with Crippen molar-refractivity contribution >= 4 is 23.2 Å². The molecule has 0 nitrogen and oxygen atoms in total. The molecule has 0 unspecified atom stereocenters. The third-order valence-electron chi connectivity index (χ3n) is 1.13. The largest absolute Gasteiger partial charge is 0.0891 e. The first-order valence-electron chi connectivity index (χ1n) is 2.74. The second kappa shape index (κ2) is 3.97. The van der Waals surface area contributed by atoms with Crippen molar-refractivity contribution in [3.63, 3.8) is 0 Å². The first kappa shape index (κ1) is 9.06. The molecule has 0 saturated heterocycles. The summed E-state index contributed by atoms with van der Waals surface area (Å²) in [6, 6.07) is 0. The molecule has 2 heteroatoms. The van der Waals surface area contributed by atoms with Gasteiger partial charge in [-0.2, -0.15) is 0 Å². The Hall–Kier alpha value is 0.0600. The van der Waals surface area contributed by atoms with Crippen LogP contribution < -0.4 is 0 Å². The Labute approximate surface area is 66.2 Å². The van der Waals surface area contributed by atoms with E-state index in [1.807, 2.05) is 26.8 Å². The normalized spacial score (nSPS) is 15.4. The minimum Gasteiger partial charge on any atom is -0.0891 e. The molecule has 0 aliphatic heterocycles. The summed E-state index contributed by atoms with van der Waals surface area (Å²) < 4.78 is 0. The van der Waals surface area contributed by atoms with Crippen molar-refractivity contribution in [3.05, 3.63) is 21.7 Å². The lowest BCUT2D eigenvalue weighted by molar-refractivity contribution is 1.41. The van der Waals surface area contributed by atoms with Crippen LogP contribution in [0.5, 0.6) is 0 Å². The van der Waals surface area contributed by atoms with E-state index >= 15 is 0 Å². The molecular formula is C7H10Cl2. The minimum absolute atomic E-state index is 0.725. The first-order chi connectivity index (χ1) is 4.09. The van der Waals surface area contributed by atoms with E-state index in [1.165, 1.54) is 0 Å². The number of hydrogen-bond acceptors (Lipinski definition) is 0. The molecule has 0 aliphatic rings. The van der Waals surface area contributed by atoms with Crippen molar-refractivity contribution in [2.75, 3.05) is 0 Å². The van der Waals surface area contributed by atoms with Crippen molar-refractivity contribution in [2.24, 2.45) is 0 Å². The molecule has 0 bridgehead atoms. The third kappa shape index (κ3) is 2.92. The van der Waals surface area contributed by atoms with Gasteiger partial charge in [0.15, 0.2) is 0 Å². The molecule has 0 rings (SSSR count). The fraction of sp³-hybridized carbons (Fsp3) is 0.429. The van der Waals surface area contributed by atoms with E-state index in [1.54, 1.807) is 0 Å². The molecule has 0 heterocycles. The van der Waals surface area contributed by atoms with Gasteiger partial charge in [-0.15, -0.1) is 0 Å². The van der Waals surface area contributed by atoms with Gasteiger partial charge in [-0.25, -0.2) is 0 Å². The first-order valence-corrected chi connectivity index (χ1v) is 3.50. The summed E-state index contributed by atoms with van der Waals surface area (Å²) >= 11 is 11.4. The highest BCUT2D eigenvalue weighted by atomic mass is 35.5. The van der Waals surface area contributed by atoms with E-state index in [2.05, 4.69) is 0 Å². The van der Waals surface area contributed by atoms with Gasteiger partial charge in [0, 0.05) is 10.1 Å². The van der Waals surface area contributed by atoms with Crippen LogP contribution in [-0.4, -0.2) is 0 Å². The lowest BCUT2D eigenvalue weighted by Gasteiger charge is -1.97. The Kier molecular flexibility index (Phi) is 4.00. The van der Waals surface area contributed by atoms with Crippen molar-refractivity contribution < 1.29 is 0 Å². The molecule has 0 aromatic rings. The number of hydrogen-bond donors (Lipinski definition) is 0. The maximum absolute atomic E-state index is 5.73. The lowest BCUT2D eigenvalue weighted by Crippen LogP contribution is -1.76. The summed E-state index contributed by atoms with van der Waals surface area (Å²) in [5.74, 6) is 0. The highest BCUT2D eigenvalue weighted by Gasteiger charge is 1.95. The Morgan fingerprint density at radius 2 is 1.67 bits per heavy atom. The molecule has 9 heavy (non-hydrogen) atoms. The second-order valence-corrected chi connectivity index (χ2v) is 2.77. The van der Waals surface area contributed by atoms with Crippen LogP contribution >= 0.6 is 23.2 Å². The lowest BCUT2D eigenvalue weighted by atomic mass is 10.2. The molecule has 0 saturated carbocycles. The van der Waals surface area contributed by atoms with Gasteiger partial charge in [0.2, 0.25) is 0 Å². The van der Waals surface area contributed by atoms with Crippen molar-refractivity contribution in [1.82, 2.24) is 0 Å². The maximum atomic E-state index is 5.73. The van der Waals surface area contributed by atoms with Crippen LogP contribution in [0.2, 0.25) is 0 Å². The quantitative estimate of drug-likeness (QED) is 0.520. The molecule has 0 atom stereocenters. The summed E-state index contributed by atoms with van der Waals surface area (Å²) in [6.07, 6.45) is 1.82. The summed E-state index contributed by atoms with van der Waals surface area (Å²) in [5.41, 5.74) is 0.945. The van der Waals surface area contributed by atoms with Gasteiger partial charge in [-0.3, -0.25) is 0 Å². The molecule has 52 valence electrons. The van der Waals surface area contributed by atoms with E-state index in [0.29, 0.717) is 0 Å². The average molecular weight is 165 g/mol. The fourth-order valence-corrected chi connectivity index (χ4v) is 0.673. The van der Waals surface area contributed by atoms with Crippen LogP contribution in [0.25, 0.3) is 0 Å². The van der Waals surface area contributed by atoms with Gasteiger partial charge in [-0.1, -0.05) is 29.3 Å². The monoisotopic (exact) mass is 164 g/mol. The Bertz CT molecular complexity index is 150. The van der Waals surface area contributed by atoms with Crippen LogP contribution in [0, 0.1) is 0 Å². The van der Waals surface area contributed by atoms with E-state index < -0.39 is 0 Å². The summed E-state index contributed by atoms with van der Waals surface area (Å²) in [5, 5.41) is 1.47. The minimum atomic E-state index is 0.725. The molecule has 0 aromatic carbocycles. The maximum Gasteiger partial charge on any atom is 0.0403 e. The van der Waals surface area contributed by atoms with E-state index in [9.17, 15) is 0 Å². The number of halogens is 2. The van der Waals surface area contributed by atoms with Crippen LogP contribution in [-0.2, 0) is 0 Å². The summed E-state index contributed by atoms with van der Waals surface area (Å²) in [7, 11) is 0. The van der Waals surface area contributed by atoms with Crippen LogP contribution in [0.1, 0.15) is 20.8 Å². The Morgan fingerprint density at radius 1 is 1.22 bits per heavy atom. The zero-order valence-electron chi connectivity index (χ0n) is 5.83. The van der Waals surface area contributed by atoms with Gasteiger partial charge in [-0.05, 0) is 26.3 Å². The van der Waals surface area contributed by atoms with E-state index in [-0.39, 0.29) is 0 Å². The van der Waals surface area contributed by atoms with Crippen molar-refractivity contribution in [1.29, 1.82) is 0 Å². The zero-order chi connectivity index (χ0) is 7.44. The third-order valence-corrected chi connectivity index (χ3v) is 1.91. The topological polar surface area (TPSA) is 0 Å².